The highest BCUT2D eigenvalue weighted by Gasteiger charge is 2.40. The second-order valence-electron chi connectivity index (χ2n) is 4.54. The molecule has 0 radical (unpaired) electrons. The SMILES string of the molecule is OCC1(NC2CCCC2O)CCC1. The maximum atomic E-state index is 9.62. The molecule has 76 valence electrons. The molecule has 0 aromatic carbocycles. The quantitative estimate of drug-likeness (QED) is 0.596. The zero-order valence-corrected chi connectivity index (χ0v) is 8.00. The molecule has 0 spiro atoms. The van der Waals surface area contributed by atoms with Crippen molar-refractivity contribution in [3.8, 4) is 0 Å². The van der Waals surface area contributed by atoms with E-state index in [1.165, 1.54) is 6.42 Å². The molecule has 0 aliphatic heterocycles. The molecule has 0 amide bonds. The fourth-order valence-corrected chi connectivity index (χ4v) is 2.45. The van der Waals surface area contributed by atoms with Gasteiger partial charge in [0.15, 0.2) is 0 Å². The summed E-state index contributed by atoms with van der Waals surface area (Å²) in [6.07, 6.45) is 6.22. The second kappa shape index (κ2) is 3.56. The molecule has 3 N–H and O–H groups in total. The fourth-order valence-electron chi connectivity index (χ4n) is 2.45. The lowest BCUT2D eigenvalue weighted by molar-refractivity contribution is 0.0504. The van der Waals surface area contributed by atoms with Gasteiger partial charge in [0.2, 0.25) is 0 Å². The Morgan fingerprint density at radius 3 is 2.38 bits per heavy atom. The van der Waals surface area contributed by atoms with E-state index in [2.05, 4.69) is 5.32 Å². The third-order valence-electron chi connectivity index (χ3n) is 3.58. The van der Waals surface area contributed by atoms with Crippen LogP contribution in [0.3, 0.4) is 0 Å². The minimum atomic E-state index is -0.191. The van der Waals surface area contributed by atoms with Gasteiger partial charge in [-0.1, -0.05) is 0 Å². The maximum absolute atomic E-state index is 9.62. The van der Waals surface area contributed by atoms with Gasteiger partial charge >= 0.3 is 0 Å². The van der Waals surface area contributed by atoms with E-state index in [0.717, 1.165) is 32.1 Å². The van der Waals surface area contributed by atoms with Crippen molar-refractivity contribution >= 4 is 0 Å². The average molecular weight is 185 g/mol. The first-order chi connectivity index (χ1) is 6.26. The summed E-state index contributed by atoms with van der Waals surface area (Å²) in [5.41, 5.74) is -0.0456. The lowest BCUT2D eigenvalue weighted by atomic mass is 9.76. The van der Waals surface area contributed by atoms with Gasteiger partial charge in [-0.15, -0.1) is 0 Å². The first-order valence-corrected chi connectivity index (χ1v) is 5.32. The molecule has 2 aliphatic carbocycles. The van der Waals surface area contributed by atoms with Gasteiger partial charge in [0.05, 0.1) is 12.7 Å². The first kappa shape index (κ1) is 9.44. The molecule has 2 aliphatic rings. The van der Waals surface area contributed by atoms with Crippen LogP contribution >= 0.6 is 0 Å². The normalized spacial score (nSPS) is 37.4. The van der Waals surface area contributed by atoms with Crippen molar-refractivity contribution in [3.63, 3.8) is 0 Å². The predicted octanol–water partition coefficient (Wildman–Crippen LogP) is 0.404. The van der Waals surface area contributed by atoms with Crippen molar-refractivity contribution in [1.82, 2.24) is 5.32 Å². The summed E-state index contributed by atoms with van der Waals surface area (Å²) in [7, 11) is 0. The van der Waals surface area contributed by atoms with Crippen molar-refractivity contribution in [2.45, 2.75) is 56.2 Å². The minimum Gasteiger partial charge on any atom is -0.394 e. The Balaban J connectivity index is 1.88. The number of hydrogen-bond acceptors (Lipinski definition) is 3. The van der Waals surface area contributed by atoms with E-state index in [1.54, 1.807) is 0 Å². The molecular formula is C10H19NO2. The van der Waals surface area contributed by atoms with Crippen LogP contribution in [-0.2, 0) is 0 Å². The Morgan fingerprint density at radius 1 is 1.23 bits per heavy atom. The zero-order valence-electron chi connectivity index (χ0n) is 8.00. The topological polar surface area (TPSA) is 52.5 Å². The number of rotatable bonds is 3. The van der Waals surface area contributed by atoms with Gasteiger partial charge in [-0.2, -0.15) is 0 Å². The Bertz CT molecular complexity index is 174. The van der Waals surface area contributed by atoms with Crippen molar-refractivity contribution in [2.75, 3.05) is 6.61 Å². The number of hydrogen-bond donors (Lipinski definition) is 3. The van der Waals surface area contributed by atoms with E-state index in [0.29, 0.717) is 0 Å². The van der Waals surface area contributed by atoms with Crippen LogP contribution < -0.4 is 5.32 Å². The Morgan fingerprint density at radius 2 is 2.00 bits per heavy atom. The van der Waals surface area contributed by atoms with E-state index < -0.39 is 0 Å². The van der Waals surface area contributed by atoms with Crippen LogP contribution in [0.2, 0.25) is 0 Å². The van der Waals surface area contributed by atoms with Crippen LogP contribution in [0.4, 0.5) is 0 Å². The molecule has 2 atom stereocenters. The van der Waals surface area contributed by atoms with E-state index in [1.807, 2.05) is 0 Å². The third kappa shape index (κ3) is 1.73. The molecule has 0 aromatic rings. The summed E-state index contributed by atoms with van der Waals surface area (Å²) in [5, 5.41) is 22.3. The number of aliphatic hydroxyl groups excluding tert-OH is 2. The van der Waals surface area contributed by atoms with E-state index in [9.17, 15) is 10.2 Å². The van der Waals surface area contributed by atoms with Crippen molar-refractivity contribution in [3.05, 3.63) is 0 Å². The molecule has 2 rings (SSSR count). The van der Waals surface area contributed by atoms with Gasteiger partial charge in [0.1, 0.15) is 0 Å². The predicted molar refractivity (Wildman–Crippen MR) is 50.4 cm³/mol. The van der Waals surface area contributed by atoms with Crippen molar-refractivity contribution in [1.29, 1.82) is 0 Å². The standard InChI is InChI=1S/C10H19NO2/c12-7-10(5-2-6-10)11-8-3-1-4-9(8)13/h8-9,11-13H,1-7H2. The summed E-state index contributed by atoms with van der Waals surface area (Å²) in [6, 6.07) is 0.229. The molecule has 2 unspecified atom stereocenters. The van der Waals surface area contributed by atoms with Crippen LogP contribution in [-0.4, -0.2) is 34.5 Å². The van der Waals surface area contributed by atoms with Gasteiger partial charge in [0.25, 0.3) is 0 Å². The first-order valence-electron chi connectivity index (χ1n) is 5.32. The molecule has 3 heteroatoms. The van der Waals surface area contributed by atoms with Crippen LogP contribution in [0, 0.1) is 0 Å². The molecule has 0 saturated heterocycles. The highest BCUT2D eigenvalue weighted by molar-refractivity contribution is 4.99. The third-order valence-corrected chi connectivity index (χ3v) is 3.58. The molecule has 0 aromatic heterocycles. The van der Waals surface area contributed by atoms with Crippen molar-refractivity contribution < 1.29 is 10.2 Å². The summed E-state index contributed by atoms with van der Waals surface area (Å²) in [5.74, 6) is 0. The lowest BCUT2D eigenvalue weighted by Gasteiger charge is -2.43. The highest BCUT2D eigenvalue weighted by Crippen LogP contribution is 2.33. The second-order valence-corrected chi connectivity index (χ2v) is 4.54. The van der Waals surface area contributed by atoms with Crippen LogP contribution in [0.5, 0.6) is 0 Å². The average Bonchev–Trinajstić information content (AvgIpc) is 2.44. The summed E-state index contributed by atoms with van der Waals surface area (Å²) < 4.78 is 0. The van der Waals surface area contributed by atoms with E-state index >= 15 is 0 Å². The Hall–Kier alpha value is -0.120. The van der Waals surface area contributed by atoms with E-state index in [4.69, 9.17) is 0 Å². The highest BCUT2D eigenvalue weighted by atomic mass is 16.3. The molecule has 2 fully saturated rings. The lowest BCUT2D eigenvalue weighted by Crippen LogP contribution is -2.59. The van der Waals surface area contributed by atoms with Gasteiger partial charge < -0.3 is 15.5 Å². The van der Waals surface area contributed by atoms with Gasteiger partial charge in [0, 0.05) is 11.6 Å². The maximum Gasteiger partial charge on any atom is 0.0693 e. The minimum absolute atomic E-state index is 0.0456. The monoisotopic (exact) mass is 185 g/mol. The van der Waals surface area contributed by atoms with Gasteiger partial charge in [-0.25, -0.2) is 0 Å². The van der Waals surface area contributed by atoms with Gasteiger partial charge in [-0.3, -0.25) is 0 Å². The van der Waals surface area contributed by atoms with Gasteiger partial charge in [-0.05, 0) is 38.5 Å². The fraction of sp³-hybridized carbons (Fsp3) is 1.00. The molecule has 3 nitrogen and oxygen atoms in total. The zero-order chi connectivity index (χ0) is 9.31. The summed E-state index contributed by atoms with van der Waals surface area (Å²) in [6.45, 7) is 0.218. The summed E-state index contributed by atoms with van der Waals surface area (Å²) >= 11 is 0. The Labute approximate surface area is 79.2 Å². The van der Waals surface area contributed by atoms with Crippen LogP contribution in [0.25, 0.3) is 0 Å². The van der Waals surface area contributed by atoms with Crippen molar-refractivity contribution in [2.24, 2.45) is 0 Å². The van der Waals surface area contributed by atoms with Crippen LogP contribution in [0.15, 0.2) is 0 Å². The number of aliphatic hydroxyl groups is 2. The van der Waals surface area contributed by atoms with Crippen LogP contribution in [0.1, 0.15) is 38.5 Å². The molecule has 0 bridgehead atoms. The molecule has 2 saturated carbocycles. The molecule has 0 heterocycles. The largest absolute Gasteiger partial charge is 0.394 e. The molecular weight excluding hydrogens is 166 g/mol. The Kier molecular flexibility index (Phi) is 2.58. The molecule has 13 heavy (non-hydrogen) atoms. The van der Waals surface area contributed by atoms with E-state index in [-0.39, 0.29) is 24.3 Å². The smallest absolute Gasteiger partial charge is 0.0693 e. The summed E-state index contributed by atoms with van der Waals surface area (Å²) in [4.78, 5) is 0. The number of nitrogens with one attached hydrogen (secondary N) is 1.